The first-order chi connectivity index (χ1) is 26.1. The number of carboxylic acid groups (broad SMARTS) is 2. The molecule has 54 heavy (non-hydrogen) atoms. The van der Waals surface area contributed by atoms with E-state index in [1.807, 2.05) is 24.3 Å². The van der Waals surface area contributed by atoms with Crippen LogP contribution in [0.3, 0.4) is 0 Å². The standard InChI is InChI=1S/C41H31N3O8S2/c1-41(2)27-16-22(37-35-33(49-12-14-51-35)31(53-37)18-24(20-42)39(45)46)8-10-29(27)44(26-6-4-3-5-7-26)30-11-9-23(17-28(30)41)38-36-34(50-13-15-52-36)32(54-38)19-25(21-43)40(47)48/h3-11,16-19,27,29H,12-15H2,1-2H3,(H,45,46)(H,47,48)/b24-18+,25-19+. The van der Waals surface area contributed by atoms with Gasteiger partial charge in [-0.1, -0.05) is 56.3 Å². The number of allylic oxidation sites excluding steroid dienone is 2. The Kier molecular flexibility index (Phi) is 8.77. The number of benzene rings is 2. The van der Waals surface area contributed by atoms with Crippen LogP contribution < -0.4 is 23.8 Å². The van der Waals surface area contributed by atoms with E-state index >= 15 is 0 Å². The lowest BCUT2D eigenvalue weighted by molar-refractivity contribution is -0.133. The van der Waals surface area contributed by atoms with Gasteiger partial charge in [0, 0.05) is 22.7 Å². The fourth-order valence-corrected chi connectivity index (χ4v) is 9.68. The molecule has 2 aromatic carbocycles. The maximum atomic E-state index is 11.7. The highest BCUT2D eigenvalue weighted by atomic mass is 32.1. The molecular formula is C41H31N3O8S2. The van der Waals surface area contributed by atoms with Crippen LogP contribution in [-0.4, -0.2) is 54.6 Å². The number of nitriles is 2. The summed E-state index contributed by atoms with van der Waals surface area (Å²) in [6.45, 7) is 5.71. The summed E-state index contributed by atoms with van der Waals surface area (Å²) < 4.78 is 24.2. The number of para-hydroxylation sites is 1. The van der Waals surface area contributed by atoms with E-state index in [0.717, 1.165) is 37.8 Å². The van der Waals surface area contributed by atoms with Crippen LogP contribution in [0.25, 0.3) is 28.2 Å². The second kappa shape index (κ2) is 13.6. The van der Waals surface area contributed by atoms with Crippen LogP contribution in [0.1, 0.15) is 34.0 Å². The van der Waals surface area contributed by atoms with Crippen molar-refractivity contribution in [3.8, 4) is 45.6 Å². The topological polar surface area (TPSA) is 162 Å². The maximum Gasteiger partial charge on any atom is 0.346 e. The van der Waals surface area contributed by atoms with Gasteiger partial charge in [0.15, 0.2) is 23.0 Å². The van der Waals surface area contributed by atoms with E-state index in [9.17, 15) is 30.3 Å². The largest absolute Gasteiger partial charge is 0.485 e. The van der Waals surface area contributed by atoms with Crippen LogP contribution in [0.5, 0.6) is 23.0 Å². The van der Waals surface area contributed by atoms with E-state index in [1.54, 1.807) is 12.1 Å². The third-order valence-corrected chi connectivity index (χ3v) is 12.2. The number of hydrogen-bond donors (Lipinski definition) is 2. The number of thiophene rings is 2. The highest BCUT2D eigenvalue weighted by Crippen LogP contribution is 2.57. The summed E-state index contributed by atoms with van der Waals surface area (Å²) in [5, 5.41) is 38.1. The second-order valence-corrected chi connectivity index (χ2v) is 15.5. The van der Waals surface area contributed by atoms with Gasteiger partial charge in [-0.15, -0.1) is 22.7 Å². The third kappa shape index (κ3) is 5.78. The average molecular weight is 758 g/mol. The SMILES string of the molecule is CC1(C)c2cc(-c3sc(/C=C(\C#N)C(=O)O)c4c3OCCO4)ccc2N(c2ccccc2)C2C=CC(c3sc(/C=C(\C#N)C(=O)O)c4c3OCCO4)=CC21. The van der Waals surface area contributed by atoms with Crippen LogP contribution in [0.15, 0.2) is 77.9 Å². The normalized spacial score (nSPS) is 19.5. The summed E-state index contributed by atoms with van der Waals surface area (Å²) in [5.74, 6) is -0.801. The fourth-order valence-electron chi connectivity index (χ4n) is 7.41. The summed E-state index contributed by atoms with van der Waals surface area (Å²) in [5.41, 5.74) is 3.66. The molecule has 0 saturated carbocycles. The van der Waals surface area contributed by atoms with Gasteiger partial charge >= 0.3 is 11.9 Å². The summed E-state index contributed by atoms with van der Waals surface area (Å²) in [6, 6.07) is 19.9. The van der Waals surface area contributed by atoms with Crippen molar-refractivity contribution in [1.29, 1.82) is 10.5 Å². The number of carboxylic acids is 2. The van der Waals surface area contributed by atoms with Crippen molar-refractivity contribution in [3.05, 3.63) is 98.1 Å². The second-order valence-electron chi connectivity index (χ2n) is 13.4. The van der Waals surface area contributed by atoms with Gasteiger partial charge in [-0.25, -0.2) is 9.59 Å². The fraction of sp³-hybridized carbons (Fsp3) is 0.220. The first-order valence-electron chi connectivity index (χ1n) is 17.0. The van der Waals surface area contributed by atoms with Crippen LogP contribution in [0.2, 0.25) is 0 Å². The summed E-state index contributed by atoms with van der Waals surface area (Å²) in [6.07, 6.45) is 9.18. The van der Waals surface area contributed by atoms with Crippen LogP contribution in [0, 0.1) is 28.6 Å². The first kappa shape index (κ1) is 34.8. The number of carbonyl (C=O) groups is 2. The number of fused-ring (bicyclic) bond motifs is 4. The molecule has 2 N–H and O–H groups in total. The monoisotopic (exact) mass is 757 g/mol. The molecule has 4 aromatic rings. The summed E-state index contributed by atoms with van der Waals surface area (Å²) in [4.78, 5) is 28.3. The van der Waals surface area contributed by atoms with Crippen LogP contribution >= 0.6 is 22.7 Å². The molecule has 0 amide bonds. The Bertz CT molecular complexity index is 2440. The van der Waals surface area contributed by atoms with Gasteiger partial charge in [-0.3, -0.25) is 0 Å². The molecule has 3 aliphatic heterocycles. The minimum Gasteiger partial charge on any atom is -0.485 e. The zero-order valence-corrected chi connectivity index (χ0v) is 30.6. The Morgan fingerprint density at radius 1 is 0.815 bits per heavy atom. The highest BCUT2D eigenvalue weighted by molar-refractivity contribution is 7.17. The zero-order valence-electron chi connectivity index (χ0n) is 29.0. The number of hydrogen-bond acceptors (Lipinski definition) is 11. The Morgan fingerprint density at radius 2 is 1.37 bits per heavy atom. The molecule has 4 aliphatic rings. The molecule has 0 spiro atoms. The Labute approximate surface area is 318 Å². The van der Waals surface area contributed by atoms with E-state index in [2.05, 4.69) is 61.2 Å². The first-order valence-corrected chi connectivity index (χ1v) is 18.7. The Morgan fingerprint density at radius 3 is 1.94 bits per heavy atom. The Hall–Kier alpha value is -6.28. The van der Waals surface area contributed by atoms with Gasteiger partial charge < -0.3 is 34.1 Å². The highest BCUT2D eigenvalue weighted by Gasteiger charge is 2.46. The molecule has 2 atom stereocenters. The molecule has 0 bridgehead atoms. The molecule has 13 heteroatoms. The van der Waals surface area contributed by atoms with Gasteiger partial charge in [0.25, 0.3) is 0 Å². The zero-order chi connectivity index (χ0) is 37.7. The average Bonchev–Trinajstić information content (AvgIpc) is 3.74. The Balaban J connectivity index is 1.27. The molecule has 0 fully saturated rings. The van der Waals surface area contributed by atoms with Crippen molar-refractivity contribution in [2.75, 3.05) is 31.3 Å². The van der Waals surface area contributed by atoms with E-state index in [0.29, 0.717) is 59.2 Å². The molecule has 0 radical (unpaired) electrons. The van der Waals surface area contributed by atoms with Gasteiger partial charge in [0.2, 0.25) is 0 Å². The molecule has 11 nitrogen and oxygen atoms in total. The lowest BCUT2D eigenvalue weighted by atomic mass is 9.64. The van der Waals surface area contributed by atoms with Gasteiger partial charge in [0.05, 0.1) is 25.6 Å². The van der Waals surface area contributed by atoms with E-state index in [-0.39, 0.29) is 12.0 Å². The van der Waals surface area contributed by atoms with E-state index in [4.69, 9.17) is 18.9 Å². The van der Waals surface area contributed by atoms with Crippen molar-refractivity contribution < 1.29 is 38.7 Å². The van der Waals surface area contributed by atoms with Crippen molar-refractivity contribution in [2.45, 2.75) is 25.3 Å². The van der Waals surface area contributed by atoms with Gasteiger partial charge in [-0.05, 0) is 53.1 Å². The van der Waals surface area contributed by atoms with Crippen molar-refractivity contribution in [1.82, 2.24) is 0 Å². The maximum absolute atomic E-state index is 11.7. The van der Waals surface area contributed by atoms with Crippen molar-refractivity contribution >= 4 is 63.7 Å². The smallest absolute Gasteiger partial charge is 0.346 e. The lowest BCUT2D eigenvalue weighted by Gasteiger charge is -2.51. The number of ether oxygens (including phenoxy) is 4. The number of aliphatic carboxylic acids is 2. The molecule has 2 unspecified atom stereocenters. The quantitative estimate of drug-likeness (QED) is 0.139. The van der Waals surface area contributed by atoms with Crippen molar-refractivity contribution in [2.24, 2.45) is 5.92 Å². The molecule has 5 heterocycles. The predicted molar refractivity (Wildman–Crippen MR) is 205 cm³/mol. The lowest BCUT2D eigenvalue weighted by Crippen LogP contribution is -2.50. The molecule has 8 rings (SSSR count). The van der Waals surface area contributed by atoms with E-state index in [1.165, 1.54) is 34.8 Å². The van der Waals surface area contributed by atoms with Gasteiger partial charge in [0.1, 0.15) is 49.7 Å². The molecule has 0 saturated heterocycles. The molecular weight excluding hydrogens is 727 g/mol. The van der Waals surface area contributed by atoms with E-state index < -0.39 is 28.5 Å². The minimum absolute atomic E-state index is 0.0699. The predicted octanol–water partition coefficient (Wildman–Crippen LogP) is 8.07. The molecule has 270 valence electrons. The van der Waals surface area contributed by atoms with Crippen molar-refractivity contribution in [3.63, 3.8) is 0 Å². The number of rotatable bonds is 7. The number of anilines is 2. The number of nitrogens with zero attached hydrogens (tertiary/aromatic N) is 3. The molecule has 1 aliphatic carbocycles. The van der Waals surface area contributed by atoms with Gasteiger partial charge in [-0.2, -0.15) is 10.5 Å². The van der Waals surface area contributed by atoms with Crippen LogP contribution in [0.4, 0.5) is 11.4 Å². The summed E-state index contributed by atoms with van der Waals surface area (Å²) >= 11 is 2.65. The van der Waals surface area contributed by atoms with Crippen LogP contribution in [-0.2, 0) is 15.0 Å². The molecule has 2 aromatic heterocycles. The third-order valence-electron chi connectivity index (χ3n) is 9.94. The minimum atomic E-state index is -1.32. The summed E-state index contributed by atoms with van der Waals surface area (Å²) in [7, 11) is 0.